The topological polar surface area (TPSA) is 34.0 Å². The molecule has 1 aromatic heterocycles. The van der Waals surface area contributed by atoms with Gasteiger partial charge in [0, 0.05) is 19.3 Å². The molecule has 3 nitrogen and oxygen atoms in total. The van der Waals surface area contributed by atoms with E-state index in [1.807, 2.05) is 18.3 Å². The fraction of sp³-hybridized carbons (Fsp3) is 0.444. The highest BCUT2D eigenvalue weighted by atomic mass is 16.1. The van der Waals surface area contributed by atoms with E-state index in [9.17, 15) is 4.79 Å². The molecule has 0 spiro atoms. The van der Waals surface area contributed by atoms with Gasteiger partial charge in [0.05, 0.1) is 0 Å². The van der Waals surface area contributed by atoms with Gasteiger partial charge in [0.15, 0.2) is 0 Å². The Bertz CT molecular complexity index is 299. The molecule has 1 fully saturated rings. The second-order valence-electron chi connectivity index (χ2n) is 3.11. The fourth-order valence-corrected chi connectivity index (χ4v) is 1.39. The van der Waals surface area contributed by atoms with Gasteiger partial charge in [-0.2, -0.15) is 0 Å². The van der Waals surface area contributed by atoms with Gasteiger partial charge in [-0.15, -0.1) is 0 Å². The van der Waals surface area contributed by atoms with Gasteiger partial charge in [-0.3, -0.25) is 4.79 Å². The van der Waals surface area contributed by atoms with Crippen LogP contribution in [0.2, 0.25) is 0 Å². The summed E-state index contributed by atoms with van der Waals surface area (Å²) in [4.78, 5) is 11.3. The Morgan fingerprint density at radius 2 is 2.42 bits per heavy atom. The summed E-state index contributed by atoms with van der Waals surface area (Å²) in [5.41, 5.74) is 0.778. The van der Waals surface area contributed by atoms with Gasteiger partial charge in [0.2, 0.25) is 0 Å². The van der Waals surface area contributed by atoms with E-state index in [0.29, 0.717) is 6.04 Å². The molecule has 1 aliphatic carbocycles. The van der Waals surface area contributed by atoms with Crippen molar-refractivity contribution in [3.63, 3.8) is 0 Å². The lowest BCUT2D eigenvalue weighted by Gasteiger charge is -2.05. The van der Waals surface area contributed by atoms with E-state index in [2.05, 4.69) is 9.88 Å². The summed E-state index contributed by atoms with van der Waals surface area (Å²) in [5.74, 6) is 0.00639. The fourth-order valence-electron chi connectivity index (χ4n) is 1.39. The van der Waals surface area contributed by atoms with Crippen LogP contribution in [0.3, 0.4) is 0 Å². The van der Waals surface area contributed by atoms with Crippen molar-refractivity contribution >= 4 is 5.91 Å². The molecule has 0 aromatic carbocycles. The Labute approximate surface area is 71.4 Å². The minimum Gasteiger partial charge on any atom is -0.354 e. The van der Waals surface area contributed by atoms with Crippen molar-refractivity contribution in [2.24, 2.45) is 0 Å². The van der Waals surface area contributed by atoms with Crippen molar-refractivity contribution in [1.29, 1.82) is 0 Å². The van der Waals surface area contributed by atoms with Crippen LogP contribution in [0, 0.1) is 0 Å². The average molecular weight is 164 g/mol. The Morgan fingerprint density at radius 1 is 1.67 bits per heavy atom. The van der Waals surface area contributed by atoms with Gasteiger partial charge in [0.1, 0.15) is 5.69 Å². The monoisotopic (exact) mass is 164 g/mol. The SMILES string of the molecule is CNC(=O)c1cccn1C1CC1. The van der Waals surface area contributed by atoms with Crippen molar-refractivity contribution in [2.45, 2.75) is 18.9 Å². The van der Waals surface area contributed by atoms with Crippen LogP contribution >= 0.6 is 0 Å². The number of carbonyl (C=O) groups is 1. The predicted octanol–water partition coefficient (Wildman–Crippen LogP) is 1.18. The minimum absolute atomic E-state index is 0.00639. The largest absolute Gasteiger partial charge is 0.354 e. The van der Waals surface area contributed by atoms with E-state index >= 15 is 0 Å². The average Bonchev–Trinajstić information content (AvgIpc) is 2.83. The first kappa shape index (κ1) is 7.40. The van der Waals surface area contributed by atoms with E-state index in [1.54, 1.807) is 7.05 Å². The van der Waals surface area contributed by atoms with Crippen molar-refractivity contribution < 1.29 is 4.79 Å². The number of nitrogens with one attached hydrogen (secondary N) is 1. The van der Waals surface area contributed by atoms with Crippen LogP contribution < -0.4 is 5.32 Å². The summed E-state index contributed by atoms with van der Waals surface area (Å²) >= 11 is 0. The first-order chi connectivity index (χ1) is 5.83. The number of carbonyl (C=O) groups excluding carboxylic acids is 1. The van der Waals surface area contributed by atoms with E-state index < -0.39 is 0 Å². The lowest BCUT2D eigenvalue weighted by atomic mass is 10.4. The number of hydrogen-bond donors (Lipinski definition) is 1. The molecule has 64 valence electrons. The first-order valence-electron chi connectivity index (χ1n) is 4.22. The molecule has 0 bridgehead atoms. The Balaban J connectivity index is 2.29. The van der Waals surface area contributed by atoms with Crippen LogP contribution in [0.5, 0.6) is 0 Å². The zero-order valence-electron chi connectivity index (χ0n) is 7.08. The molecular weight excluding hydrogens is 152 g/mol. The molecule has 1 aromatic rings. The third kappa shape index (κ3) is 1.11. The van der Waals surface area contributed by atoms with Crippen molar-refractivity contribution in [3.8, 4) is 0 Å². The van der Waals surface area contributed by atoms with Crippen LogP contribution in [0.25, 0.3) is 0 Å². The third-order valence-corrected chi connectivity index (χ3v) is 2.18. The minimum atomic E-state index is 0.00639. The number of rotatable bonds is 2. The van der Waals surface area contributed by atoms with Gasteiger partial charge in [-0.25, -0.2) is 0 Å². The van der Waals surface area contributed by atoms with Crippen molar-refractivity contribution in [1.82, 2.24) is 9.88 Å². The van der Waals surface area contributed by atoms with Crippen LogP contribution in [0.1, 0.15) is 29.4 Å². The second kappa shape index (κ2) is 2.66. The predicted molar refractivity (Wildman–Crippen MR) is 46.1 cm³/mol. The molecule has 3 heteroatoms. The molecule has 0 unspecified atom stereocenters. The summed E-state index contributed by atoms with van der Waals surface area (Å²) in [7, 11) is 1.66. The number of nitrogens with zero attached hydrogens (tertiary/aromatic N) is 1. The molecular formula is C9H12N2O. The van der Waals surface area contributed by atoms with E-state index in [1.165, 1.54) is 12.8 Å². The Morgan fingerprint density at radius 3 is 3.00 bits per heavy atom. The van der Waals surface area contributed by atoms with Crippen LogP contribution in [-0.4, -0.2) is 17.5 Å². The zero-order valence-corrected chi connectivity index (χ0v) is 7.08. The van der Waals surface area contributed by atoms with Crippen LogP contribution in [0.4, 0.5) is 0 Å². The van der Waals surface area contributed by atoms with Crippen LogP contribution in [0.15, 0.2) is 18.3 Å². The standard InChI is InChI=1S/C9H12N2O/c1-10-9(12)8-3-2-6-11(8)7-4-5-7/h2-3,6-7H,4-5H2,1H3,(H,10,12). The quantitative estimate of drug-likeness (QED) is 0.699. The van der Waals surface area contributed by atoms with Gasteiger partial charge in [0.25, 0.3) is 5.91 Å². The maximum atomic E-state index is 11.3. The highest BCUT2D eigenvalue weighted by molar-refractivity contribution is 5.92. The van der Waals surface area contributed by atoms with E-state index in [-0.39, 0.29) is 5.91 Å². The highest BCUT2D eigenvalue weighted by Crippen LogP contribution is 2.35. The molecule has 0 saturated heterocycles. The lowest BCUT2D eigenvalue weighted by Crippen LogP contribution is -2.21. The lowest BCUT2D eigenvalue weighted by molar-refractivity contribution is 0.0953. The summed E-state index contributed by atoms with van der Waals surface area (Å²) in [6, 6.07) is 4.35. The molecule has 12 heavy (non-hydrogen) atoms. The Kier molecular flexibility index (Phi) is 1.64. The number of amides is 1. The smallest absolute Gasteiger partial charge is 0.267 e. The maximum Gasteiger partial charge on any atom is 0.267 e. The molecule has 1 amide bonds. The van der Waals surface area contributed by atoms with Gasteiger partial charge in [-0.05, 0) is 25.0 Å². The third-order valence-electron chi connectivity index (χ3n) is 2.18. The van der Waals surface area contributed by atoms with Crippen LogP contribution in [-0.2, 0) is 0 Å². The molecule has 1 N–H and O–H groups in total. The summed E-state index contributed by atoms with van der Waals surface area (Å²) in [6.07, 6.45) is 4.39. The summed E-state index contributed by atoms with van der Waals surface area (Å²) < 4.78 is 2.05. The molecule has 1 saturated carbocycles. The Hall–Kier alpha value is -1.25. The normalized spacial score (nSPS) is 16.1. The summed E-state index contributed by atoms with van der Waals surface area (Å²) in [6.45, 7) is 0. The molecule has 0 aliphatic heterocycles. The number of aromatic nitrogens is 1. The number of hydrogen-bond acceptors (Lipinski definition) is 1. The maximum absolute atomic E-state index is 11.3. The molecule has 0 atom stereocenters. The summed E-state index contributed by atoms with van der Waals surface area (Å²) in [5, 5.41) is 2.63. The molecule has 0 radical (unpaired) electrons. The van der Waals surface area contributed by atoms with E-state index in [4.69, 9.17) is 0 Å². The highest BCUT2D eigenvalue weighted by Gasteiger charge is 2.26. The second-order valence-corrected chi connectivity index (χ2v) is 3.11. The first-order valence-corrected chi connectivity index (χ1v) is 4.22. The van der Waals surface area contributed by atoms with E-state index in [0.717, 1.165) is 5.69 Å². The van der Waals surface area contributed by atoms with Gasteiger partial charge >= 0.3 is 0 Å². The molecule has 1 heterocycles. The van der Waals surface area contributed by atoms with Crippen molar-refractivity contribution in [2.75, 3.05) is 7.05 Å². The van der Waals surface area contributed by atoms with Crippen molar-refractivity contribution in [3.05, 3.63) is 24.0 Å². The van der Waals surface area contributed by atoms with Gasteiger partial charge < -0.3 is 9.88 Å². The van der Waals surface area contributed by atoms with Gasteiger partial charge in [-0.1, -0.05) is 0 Å². The molecule has 1 aliphatic rings. The zero-order chi connectivity index (χ0) is 8.55. The molecule has 2 rings (SSSR count).